The van der Waals surface area contributed by atoms with Gasteiger partial charge in [-0.25, -0.2) is 4.79 Å². The van der Waals surface area contributed by atoms with Gasteiger partial charge in [0.05, 0.1) is 37.3 Å². The van der Waals surface area contributed by atoms with Crippen LogP contribution >= 0.6 is 0 Å². The van der Waals surface area contributed by atoms with Gasteiger partial charge in [0.25, 0.3) is 0 Å². The molecule has 0 aromatic carbocycles. The number of aliphatic hydroxyl groups is 8. The third-order valence-electron chi connectivity index (χ3n) is 8.59. The van der Waals surface area contributed by atoms with E-state index in [1.807, 2.05) is 0 Å². The standard InChI is InChI=1S/C26H34O13/c27-8-16-19(31)20(32)21(33)24(38-16)39-22-10(2-1-3-15(22)29)9-37-25(35)26(36)13-6-4-12(23(26)34)11-5-7-14(28)18(30)17(11)13/h4,6,10,12-13,15-16,19-22,24,27-33,36H,1-3,5,7-9H2/t10?,12?,13?,15?,16-,19-,20+,21-,22?,24+,26?/m1/s1. The Morgan fingerprint density at radius 3 is 2.51 bits per heavy atom. The van der Waals surface area contributed by atoms with Gasteiger partial charge in [-0.15, -0.1) is 0 Å². The first-order chi connectivity index (χ1) is 18.5. The number of aliphatic hydroxyl groups excluding tert-OH is 7. The van der Waals surface area contributed by atoms with Crippen molar-refractivity contribution in [3.8, 4) is 0 Å². The molecule has 0 amide bonds. The van der Waals surface area contributed by atoms with Crippen LogP contribution in [0.2, 0.25) is 0 Å². The summed E-state index contributed by atoms with van der Waals surface area (Å²) in [6, 6.07) is 0. The first-order valence-corrected chi connectivity index (χ1v) is 13.1. The molecular formula is C26H34O13. The fourth-order valence-corrected chi connectivity index (χ4v) is 6.37. The predicted octanol–water partition coefficient (Wildman–Crippen LogP) is -1.59. The van der Waals surface area contributed by atoms with Gasteiger partial charge in [-0.1, -0.05) is 18.6 Å². The number of esters is 1. The molecule has 216 valence electrons. The van der Waals surface area contributed by atoms with Crippen LogP contribution in [0.15, 0.2) is 34.8 Å². The van der Waals surface area contributed by atoms with Gasteiger partial charge in [-0.05, 0) is 24.8 Å². The molecule has 8 N–H and O–H groups in total. The number of rotatable bonds is 6. The predicted molar refractivity (Wildman–Crippen MR) is 128 cm³/mol. The van der Waals surface area contributed by atoms with Gasteiger partial charge >= 0.3 is 5.97 Å². The molecule has 0 radical (unpaired) electrons. The topological polar surface area (TPSA) is 224 Å². The largest absolute Gasteiger partial charge is 0.508 e. The maximum Gasteiger partial charge on any atom is 0.347 e. The molecule has 0 spiro atoms. The van der Waals surface area contributed by atoms with Crippen molar-refractivity contribution in [1.82, 2.24) is 0 Å². The number of hydrogen-bond acceptors (Lipinski definition) is 13. The van der Waals surface area contributed by atoms with Crippen LogP contribution in [0.4, 0.5) is 0 Å². The normalized spacial score (nSPS) is 44.0. The van der Waals surface area contributed by atoms with Gasteiger partial charge in [0.2, 0.25) is 5.60 Å². The second-order valence-corrected chi connectivity index (χ2v) is 10.9. The molecule has 13 heteroatoms. The summed E-state index contributed by atoms with van der Waals surface area (Å²) in [5, 5.41) is 82.3. The van der Waals surface area contributed by atoms with E-state index in [1.165, 1.54) is 6.08 Å². The summed E-state index contributed by atoms with van der Waals surface area (Å²) < 4.78 is 16.6. The van der Waals surface area contributed by atoms with E-state index in [0.717, 1.165) is 0 Å². The summed E-state index contributed by atoms with van der Waals surface area (Å²) in [5.74, 6) is -5.65. The molecule has 0 aromatic rings. The van der Waals surface area contributed by atoms with E-state index in [4.69, 9.17) is 14.2 Å². The van der Waals surface area contributed by atoms with Crippen molar-refractivity contribution in [2.45, 2.75) is 80.6 Å². The number of ketones is 1. The van der Waals surface area contributed by atoms with Crippen LogP contribution in [0.5, 0.6) is 0 Å². The van der Waals surface area contributed by atoms with Crippen LogP contribution in [-0.4, -0.2) is 114 Å². The van der Waals surface area contributed by atoms with Crippen molar-refractivity contribution in [3.63, 3.8) is 0 Å². The lowest BCUT2D eigenvalue weighted by atomic mass is 9.60. The molecule has 11 atom stereocenters. The van der Waals surface area contributed by atoms with E-state index < -0.39 is 90.4 Å². The molecule has 1 aliphatic heterocycles. The Kier molecular flexibility index (Phi) is 7.63. The Hall–Kier alpha value is -2.36. The molecule has 39 heavy (non-hydrogen) atoms. The van der Waals surface area contributed by atoms with Crippen molar-refractivity contribution in [2.24, 2.45) is 17.8 Å². The van der Waals surface area contributed by atoms with Crippen LogP contribution in [0.25, 0.3) is 0 Å². The van der Waals surface area contributed by atoms with Crippen LogP contribution < -0.4 is 0 Å². The molecule has 2 fully saturated rings. The van der Waals surface area contributed by atoms with E-state index in [2.05, 4.69) is 0 Å². The van der Waals surface area contributed by atoms with Crippen LogP contribution in [-0.2, 0) is 23.8 Å². The van der Waals surface area contributed by atoms with Crippen LogP contribution in [0.3, 0.4) is 0 Å². The third-order valence-corrected chi connectivity index (χ3v) is 8.59. The number of allylic oxidation sites excluding steroid dienone is 4. The summed E-state index contributed by atoms with van der Waals surface area (Å²) in [6.07, 6.45) is -5.16. The molecule has 6 aliphatic rings. The number of carbonyl (C=O) groups is 2. The first-order valence-electron chi connectivity index (χ1n) is 13.1. The van der Waals surface area contributed by atoms with E-state index in [9.17, 15) is 50.4 Å². The highest BCUT2D eigenvalue weighted by Gasteiger charge is 2.61. The highest BCUT2D eigenvalue weighted by atomic mass is 16.7. The van der Waals surface area contributed by atoms with Crippen molar-refractivity contribution in [3.05, 3.63) is 34.8 Å². The van der Waals surface area contributed by atoms with Gasteiger partial charge in [-0.3, -0.25) is 4.79 Å². The van der Waals surface area contributed by atoms with Crippen LogP contribution in [0.1, 0.15) is 32.1 Å². The molecule has 13 nitrogen and oxygen atoms in total. The highest BCUT2D eigenvalue weighted by molar-refractivity contribution is 6.12. The SMILES string of the molecule is O=C(OCC1CCCC(O)C1O[C@@H]1O[C@H](CO)[C@@H](O)[C@H](O)[C@H]1O)C1(O)C(=O)C2C=CC1C1=C2CCC(O)=C1O. The fraction of sp³-hybridized carbons (Fsp3) is 0.692. The average molecular weight is 555 g/mol. The zero-order chi connectivity index (χ0) is 28.2. The van der Waals surface area contributed by atoms with Crippen molar-refractivity contribution in [1.29, 1.82) is 0 Å². The zero-order valence-electron chi connectivity index (χ0n) is 21.0. The molecular weight excluding hydrogens is 520 g/mol. The van der Waals surface area contributed by atoms with Gasteiger partial charge < -0.3 is 55.1 Å². The van der Waals surface area contributed by atoms with E-state index in [-0.39, 0.29) is 24.4 Å². The minimum Gasteiger partial charge on any atom is -0.508 e. The van der Waals surface area contributed by atoms with Gasteiger partial charge in [0.15, 0.2) is 17.8 Å². The summed E-state index contributed by atoms with van der Waals surface area (Å²) in [6.45, 7) is -1.05. The third kappa shape index (κ3) is 4.50. The van der Waals surface area contributed by atoms with E-state index >= 15 is 0 Å². The fourth-order valence-electron chi connectivity index (χ4n) is 6.37. The number of Topliss-reactive ketones (excluding diaryl/α,β-unsaturated/α-hetero) is 1. The lowest BCUT2D eigenvalue weighted by Crippen LogP contribution is -2.61. The maximum atomic E-state index is 13.3. The number of carbonyl (C=O) groups excluding carboxylic acids is 2. The van der Waals surface area contributed by atoms with Gasteiger partial charge in [-0.2, -0.15) is 0 Å². The summed E-state index contributed by atoms with van der Waals surface area (Å²) >= 11 is 0. The molecule has 1 saturated heterocycles. The number of ether oxygens (including phenoxy) is 3. The van der Waals surface area contributed by atoms with Crippen molar-refractivity contribution >= 4 is 11.8 Å². The minimum atomic E-state index is -2.63. The molecule has 6 rings (SSSR count). The quantitative estimate of drug-likeness (QED) is 0.105. The lowest BCUT2D eigenvalue weighted by molar-refractivity contribution is -0.324. The van der Waals surface area contributed by atoms with Gasteiger partial charge in [0.1, 0.15) is 30.2 Å². The smallest absolute Gasteiger partial charge is 0.347 e. The van der Waals surface area contributed by atoms with Gasteiger partial charge in [0, 0.05) is 17.9 Å². The number of fused-ring (bicyclic) bond motifs is 1. The van der Waals surface area contributed by atoms with Crippen LogP contribution in [0, 0.1) is 17.8 Å². The Balaban J connectivity index is 1.31. The lowest BCUT2D eigenvalue weighted by Gasteiger charge is -2.45. The molecule has 2 bridgehead atoms. The van der Waals surface area contributed by atoms with Crippen molar-refractivity contribution < 1.29 is 64.7 Å². The molecule has 0 aromatic heterocycles. The summed E-state index contributed by atoms with van der Waals surface area (Å²) in [4.78, 5) is 26.5. The Morgan fingerprint density at radius 1 is 1.05 bits per heavy atom. The summed E-state index contributed by atoms with van der Waals surface area (Å²) in [7, 11) is 0. The Labute approximate surface area is 223 Å². The van der Waals surface area contributed by atoms with Crippen molar-refractivity contribution in [2.75, 3.05) is 13.2 Å². The second-order valence-electron chi connectivity index (χ2n) is 10.9. The zero-order valence-corrected chi connectivity index (χ0v) is 21.0. The minimum absolute atomic E-state index is 0.137. The van der Waals surface area contributed by atoms with E-state index in [1.54, 1.807) is 6.08 Å². The Morgan fingerprint density at radius 2 is 1.79 bits per heavy atom. The second kappa shape index (κ2) is 10.6. The average Bonchev–Trinajstić information content (AvgIpc) is 2.93. The molecule has 1 heterocycles. The maximum absolute atomic E-state index is 13.3. The monoisotopic (exact) mass is 554 g/mol. The molecule has 1 saturated carbocycles. The molecule has 5 aliphatic carbocycles. The first kappa shape index (κ1) is 28.2. The Bertz CT molecular complexity index is 1100. The molecule has 6 unspecified atom stereocenters. The highest BCUT2D eigenvalue weighted by Crippen LogP contribution is 2.51. The summed E-state index contributed by atoms with van der Waals surface area (Å²) in [5.41, 5.74) is -1.95. The van der Waals surface area contributed by atoms with E-state index in [0.29, 0.717) is 31.3 Å². The number of hydrogen-bond donors (Lipinski definition) is 8.